The average Bonchev–Trinajstić information content (AvgIpc) is 2.29. The minimum atomic E-state index is -4.12. The van der Waals surface area contributed by atoms with Crippen LogP contribution in [-0.2, 0) is 0 Å². The van der Waals surface area contributed by atoms with Gasteiger partial charge in [-0.2, -0.15) is 13.2 Å². The largest absolute Gasteiger partial charge is 0.401 e. The Bertz CT molecular complexity index is 266. The molecule has 120 valence electrons. The number of alkyl halides is 3. The highest BCUT2D eigenvalue weighted by Gasteiger charge is 2.37. The number of rotatable bonds is 5. The third kappa shape index (κ3) is 6.00. The highest BCUT2D eigenvalue weighted by Crippen LogP contribution is 2.27. The summed E-state index contributed by atoms with van der Waals surface area (Å²) in [6.45, 7) is 5.79. The zero-order valence-corrected chi connectivity index (χ0v) is 13.0. The highest BCUT2D eigenvalue weighted by molar-refractivity contribution is 4.88. The first-order valence-electron chi connectivity index (χ1n) is 7.91. The van der Waals surface area contributed by atoms with E-state index in [9.17, 15) is 13.2 Å². The SMILES string of the molecule is CCNC1CCCCCCC1N(CC(F)(F)F)C(C)C. The van der Waals surface area contributed by atoms with E-state index in [1.165, 1.54) is 6.42 Å². The van der Waals surface area contributed by atoms with Gasteiger partial charge >= 0.3 is 6.18 Å². The molecule has 0 saturated heterocycles. The molecule has 2 unspecified atom stereocenters. The Morgan fingerprint density at radius 3 is 2.20 bits per heavy atom. The van der Waals surface area contributed by atoms with Crippen LogP contribution in [0.2, 0.25) is 0 Å². The lowest BCUT2D eigenvalue weighted by molar-refractivity contribution is -0.157. The molecule has 20 heavy (non-hydrogen) atoms. The van der Waals surface area contributed by atoms with Crippen LogP contribution in [0.5, 0.6) is 0 Å². The quantitative estimate of drug-likeness (QED) is 0.825. The van der Waals surface area contributed by atoms with Crippen molar-refractivity contribution in [3.05, 3.63) is 0 Å². The molecule has 0 radical (unpaired) electrons. The maximum absolute atomic E-state index is 12.9. The van der Waals surface area contributed by atoms with E-state index in [0.717, 1.165) is 38.6 Å². The van der Waals surface area contributed by atoms with E-state index in [-0.39, 0.29) is 18.1 Å². The average molecular weight is 294 g/mol. The van der Waals surface area contributed by atoms with Gasteiger partial charge in [0, 0.05) is 18.1 Å². The molecule has 1 aliphatic rings. The molecule has 2 nitrogen and oxygen atoms in total. The second kappa shape index (κ2) is 8.23. The predicted molar refractivity (Wildman–Crippen MR) is 76.9 cm³/mol. The van der Waals surface area contributed by atoms with Gasteiger partial charge in [-0.25, -0.2) is 0 Å². The van der Waals surface area contributed by atoms with E-state index >= 15 is 0 Å². The van der Waals surface area contributed by atoms with Crippen LogP contribution in [-0.4, -0.2) is 42.3 Å². The molecule has 1 N–H and O–H groups in total. The Morgan fingerprint density at radius 1 is 1.10 bits per heavy atom. The molecule has 0 heterocycles. The maximum Gasteiger partial charge on any atom is 0.401 e. The number of hydrogen-bond acceptors (Lipinski definition) is 2. The zero-order chi connectivity index (χ0) is 15.2. The summed E-state index contributed by atoms with van der Waals surface area (Å²) in [4.78, 5) is 1.65. The molecule has 1 fully saturated rings. The summed E-state index contributed by atoms with van der Waals surface area (Å²) in [6.07, 6.45) is 2.23. The molecule has 5 heteroatoms. The number of likely N-dealkylation sites (N-methyl/N-ethyl adjacent to an activating group) is 1. The van der Waals surface area contributed by atoms with Crippen LogP contribution in [0, 0.1) is 0 Å². The first-order valence-corrected chi connectivity index (χ1v) is 7.91. The van der Waals surface area contributed by atoms with Crippen LogP contribution in [0.3, 0.4) is 0 Å². The van der Waals surface area contributed by atoms with E-state index in [1.54, 1.807) is 4.90 Å². The summed E-state index contributed by atoms with van der Waals surface area (Å²) in [5.41, 5.74) is 0. The lowest BCUT2D eigenvalue weighted by Crippen LogP contribution is -2.55. The normalized spacial score (nSPS) is 25.8. The van der Waals surface area contributed by atoms with Crippen molar-refractivity contribution in [3.8, 4) is 0 Å². The highest BCUT2D eigenvalue weighted by atomic mass is 19.4. The van der Waals surface area contributed by atoms with Crippen molar-refractivity contribution < 1.29 is 13.2 Å². The summed E-state index contributed by atoms with van der Waals surface area (Å²) in [7, 11) is 0. The first-order chi connectivity index (χ1) is 9.35. The monoisotopic (exact) mass is 294 g/mol. The van der Waals surface area contributed by atoms with Crippen molar-refractivity contribution in [3.63, 3.8) is 0 Å². The van der Waals surface area contributed by atoms with Gasteiger partial charge in [-0.1, -0.05) is 32.6 Å². The van der Waals surface area contributed by atoms with E-state index in [2.05, 4.69) is 5.32 Å². The Kier molecular flexibility index (Phi) is 7.30. The van der Waals surface area contributed by atoms with Gasteiger partial charge in [0.15, 0.2) is 0 Å². The standard InChI is InChI=1S/C15H29F3N2/c1-4-19-13-9-7-5-6-8-10-14(13)20(12(2)3)11-15(16,17)18/h12-14,19H,4-11H2,1-3H3. The topological polar surface area (TPSA) is 15.3 Å². The van der Waals surface area contributed by atoms with Crippen molar-refractivity contribution in [2.45, 2.75) is 83.6 Å². The van der Waals surface area contributed by atoms with Crippen molar-refractivity contribution in [1.29, 1.82) is 0 Å². The van der Waals surface area contributed by atoms with E-state index < -0.39 is 12.7 Å². The lowest BCUT2D eigenvalue weighted by Gasteiger charge is -2.41. The third-order valence-corrected chi connectivity index (χ3v) is 4.15. The summed E-state index contributed by atoms with van der Waals surface area (Å²) < 4.78 is 38.6. The van der Waals surface area contributed by atoms with E-state index in [0.29, 0.717) is 0 Å². The fourth-order valence-corrected chi connectivity index (χ4v) is 3.25. The minimum Gasteiger partial charge on any atom is -0.313 e. The van der Waals surface area contributed by atoms with Crippen LogP contribution in [0.4, 0.5) is 13.2 Å². The van der Waals surface area contributed by atoms with Crippen molar-refractivity contribution in [1.82, 2.24) is 10.2 Å². The number of nitrogens with one attached hydrogen (secondary N) is 1. The zero-order valence-electron chi connectivity index (χ0n) is 13.0. The molecule has 0 amide bonds. The van der Waals surface area contributed by atoms with Crippen LogP contribution in [0.15, 0.2) is 0 Å². The molecule has 0 aromatic rings. The van der Waals surface area contributed by atoms with Gasteiger partial charge in [0.2, 0.25) is 0 Å². The van der Waals surface area contributed by atoms with Crippen LogP contribution in [0.1, 0.15) is 59.3 Å². The van der Waals surface area contributed by atoms with E-state index in [4.69, 9.17) is 0 Å². The molecule has 2 atom stereocenters. The molecule has 0 bridgehead atoms. The molecule has 1 saturated carbocycles. The number of hydrogen-bond donors (Lipinski definition) is 1. The summed E-state index contributed by atoms with van der Waals surface area (Å²) in [5, 5.41) is 3.41. The minimum absolute atomic E-state index is 0.00289. The van der Waals surface area contributed by atoms with E-state index in [1.807, 2.05) is 20.8 Å². The fourth-order valence-electron chi connectivity index (χ4n) is 3.25. The lowest BCUT2D eigenvalue weighted by atomic mass is 9.90. The van der Waals surface area contributed by atoms with Crippen LogP contribution in [0.25, 0.3) is 0 Å². The molecular formula is C15H29F3N2. The van der Waals surface area contributed by atoms with Gasteiger partial charge in [0.1, 0.15) is 0 Å². The molecule has 1 rings (SSSR count). The molecule has 0 aliphatic heterocycles. The molecule has 0 aromatic carbocycles. The predicted octanol–water partition coefficient (Wildman–Crippen LogP) is 3.96. The maximum atomic E-state index is 12.9. The van der Waals surface area contributed by atoms with Crippen molar-refractivity contribution in [2.75, 3.05) is 13.1 Å². The Hall–Kier alpha value is -0.290. The molecule has 0 aromatic heterocycles. The smallest absolute Gasteiger partial charge is 0.313 e. The van der Waals surface area contributed by atoms with Gasteiger partial charge in [0.05, 0.1) is 6.54 Å². The van der Waals surface area contributed by atoms with Gasteiger partial charge in [-0.3, -0.25) is 4.90 Å². The summed E-state index contributed by atoms with van der Waals surface area (Å²) in [5.74, 6) is 0. The first kappa shape index (κ1) is 17.8. The Morgan fingerprint density at radius 2 is 1.70 bits per heavy atom. The fraction of sp³-hybridized carbons (Fsp3) is 1.00. The summed E-state index contributed by atoms with van der Waals surface area (Å²) in [6, 6.07) is 0.101. The van der Waals surface area contributed by atoms with Gasteiger partial charge < -0.3 is 5.32 Å². The second-order valence-electron chi connectivity index (χ2n) is 6.10. The second-order valence-corrected chi connectivity index (χ2v) is 6.10. The third-order valence-electron chi connectivity index (χ3n) is 4.15. The molecule has 0 spiro atoms. The Labute approximate surface area is 121 Å². The molecular weight excluding hydrogens is 265 g/mol. The van der Waals surface area contributed by atoms with Gasteiger partial charge in [0.25, 0.3) is 0 Å². The number of nitrogens with zero attached hydrogens (tertiary/aromatic N) is 1. The van der Waals surface area contributed by atoms with Crippen molar-refractivity contribution >= 4 is 0 Å². The van der Waals surface area contributed by atoms with Gasteiger partial charge in [-0.05, 0) is 33.2 Å². The van der Waals surface area contributed by atoms with Crippen LogP contribution < -0.4 is 5.32 Å². The molecule has 1 aliphatic carbocycles. The van der Waals surface area contributed by atoms with Gasteiger partial charge in [-0.15, -0.1) is 0 Å². The van der Waals surface area contributed by atoms with Crippen molar-refractivity contribution in [2.24, 2.45) is 0 Å². The Balaban J connectivity index is 2.84. The summed E-state index contributed by atoms with van der Waals surface area (Å²) >= 11 is 0. The van der Waals surface area contributed by atoms with Crippen LogP contribution >= 0.6 is 0 Å². The number of halogens is 3.